The van der Waals surface area contributed by atoms with Crippen LogP contribution in [0, 0.1) is 6.92 Å². The van der Waals surface area contributed by atoms with E-state index in [1.807, 2.05) is 54.3 Å². The molecule has 1 N–H and O–H groups in total. The lowest BCUT2D eigenvalue weighted by Crippen LogP contribution is -2.45. The first kappa shape index (κ1) is 15.2. The van der Waals surface area contributed by atoms with Gasteiger partial charge in [-0.3, -0.25) is 9.58 Å². The minimum atomic E-state index is -0.452. The van der Waals surface area contributed by atoms with Crippen molar-refractivity contribution in [2.24, 2.45) is 0 Å². The first-order valence-electron chi connectivity index (χ1n) is 7.77. The zero-order valence-corrected chi connectivity index (χ0v) is 12.9. The van der Waals surface area contributed by atoms with Gasteiger partial charge in [-0.25, -0.2) is 0 Å². The van der Waals surface area contributed by atoms with Gasteiger partial charge < -0.3 is 9.84 Å². The minimum absolute atomic E-state index is 0.121. The molecule has 0 radical (unpaired) electrons. The number of rotatable bonds is 5. The third kappa shape index (κ3) is 3.94. The van der Waals surface area contributed by atoms with Gasteiger partial charge in [-0.15, -0.1) is 0 Å². The molecule has 5 heteroatoms. The Morgan fingerprint density at radius 3 is 2.91 bits per heavy atom. The quantitative estimate of drug-likeness (QED) is 0.912. The highest BCUT2D eigenvalue weighted by atomic mass is 16.5. The van der Waals surface area contributed by atoms with Gasteiger partial charge in [0.25, 0.3) is 0 Å². The van der Waals surface area contributed by atoms with Crippen LogP contribution in [0.5, 0.6) is 0 Å². The van der Waals surface area contributed by atoms with Crippen LogP contribution in [0.3, 0.4) is 0 Å². The molecule has 5 nitrogen and oxygen atoms in total. The average molecular weight is 301 g/mol. The van der Waals surface area contributed by atoms with Crippen LogP contribution in [-0.2, 0) is 11.3 Å². The maximum absolute atomic E-state index is 10.4. The van der Waals surface area contributed by atoms with E-state index in [1.165, 1.54) is 0 Å². The van der Waals surface area contributed by atoms with E-state index >= 15 is 0 Å². The second kappa shape index (κ2) is 7.05. The van der Waals surface area contributed by atoms with Crippen LogP contribution in [0.25, 0.3) is 0 Å². The Labute approximate surface area is 131 Å². The number of morpholine rings is 1. The molecule has 0 aliphatic carbocycles. The van der Waals surface area contributed by atoms with Crippen LogP contribution < -0.4 is 0 Å². The number of aryl methyl sites for hydroxylation is 1. The molecule has 1 aliphatic heterocycles. The molecule has 2 heterocycles. The maximum atomic E-state index is 10.4. The van der Waals surface area contributed by atoms with Crippen molar-refractivity contribution in [3.63, 3.8) is 0 Å². The van der Waals surface area contributed by atoms with Crippen molar-refractivity contribution in [3.8, 4) is 0 Å². The van der Waals surface area contributed by atoms with E-state index in [2.05, 4.69) is 10.00 Å². The number of β-amino-alcohol motifs (C(OH)–C–C–N with tert-alkyl or cyclic N) is 1. The molecule has 0 unspecified atom stereocenters. The van der Waals surface area contributed by atoms with Crippen LogP contribution >= 0.6 is 0 Å². The molecule has 0 saturated carbocycles. The standard InChI is InChI=1S/C17H23N3O2/c1-14-9-18-20(10-14)12-16-11-19(7-8-22-16)13-17(21)15-5-3-2-4-6-15/h2-6,9-10,16-17,21H,7-8,11-13H2,1H3/t16-,17+/m1/s1. The van der Waals surface area contributed by atoms with Crippen molar-refractivity contribution in [2.75, 3.05) is 26.2 Å². The van der Waals surface area contributed by atoms with Gasteiger partial charge in [0, 0.05) is 25.8 Å². The largest absolute Gasteiger partial charge is 0.387 e. The molecule has 1 aromatic carbocycles. The summed E-state index contributed by atoms with van der Waals surface area (Å²) in [6, 6.07) is 9.82. The summed E-state index contributed by atoms with van der Waals surface area (Å²) in [7, 11) is 0. The van der Waals surface area contributed by atoms with Crippen LogP contribution in [0.4, 0.5) is 0 Å². The average Bonchev–Trinajstić information content (AvgIpc) is 2.93. The summed E-state index contributed by atoms with van der Waals surface area (Å²) in [5.74, 6) is 0. The first-order valence-corrected chi connectivity index (χ1v) is 7.77. The molecule has 2 atom stereocenters. The van der Waals surface area contributed by atoms with Crippen molar-refractivity contribution >= 4 is 0 Å². The Morgan fingerprint density at radius 2 is 2.18 bits per heavy atom. The number of nitrogens with zero attached hydrogens (tertiary/aromatic N) is 3. The predicted octanol–water partition coefficient (Wildman–Crippen LogP) is 1.63. The zero-order chi connectivity index (χ0) is 15.4. The number of aliphatic hydroxyl groups is 1. The summed E-state index contributed by atoms with van der Waals surface area (Å²) in [6.45, 7) is 5.81. The fourth-order valence-electron chi connectivity index (χ4n) is 2.86. The molecule has 1 saturated heterocycles. The zero-order valence-electron chi connectivity index (χ0n) is 12.9. The Kier molecular flexibility index (Phi) is 4.87. The van der Waals surface area contributed by atoms with Crippen molar-refractivity contribution in [2.45, 2.75) is 25.7 Å². The van der Waals surface area contributed by atoms with E-state index in [0.717, 1.165) is 30.8 Å². The summed E-state index contributed by atoms with van der Waals surface area (Å²) in [5.41, 5.74) is 2.13. The molecule has 0 amide bonds. The predicted molar refractivity (Wildman–Crippen MR) is 84.5 cm³/mol. The van der Waals surface area contributed by atoms with E-state index in [4.69, 9.17) is 4.74 Å². The van der Waals surface area contributed by atoms with Crippen molar-refractivity contribution in [3.05, 3.63) is 53.9 Å². The highest BCUT2D eigenvalue weighted by Crippen LogP contribution is 2.16. The highest BCUT2D eigenvalue weighted by Gasteiger charge is 2.23. The summed E-state index contributed by atoms with van der Waals surface area (Å²) in [4.78, 5) is 2.27. The molecule has 3 rings (SSSR count). The number of aliphatic hydroxyl groups excluding tert-OH is 1. The van der Waals surface area contributed by atoms with Gasteiger partial charge >= 0.3 is 0 Å². The van der Waals surface area contributed by atoms with Crippen molar-refractivity contribution < 1.29 is 9.84 Å². The van der Waals surface area contributed by atoms with Gasteiger partial charge in [0.15, 0.2) is 0 Å². The lowest BCUT2D eigenvalue weighted by molar-refractivity contribution is -0.0486. The number of hydrogen-bond donors (Lipinski definition) is 1. The van der Waals surface area contributed by atoms with E-state index in [-0.39, 0.29) is 6.10 Å². The third-order valence-electron chi connectivity index (χ3n) is 3.99. The smallest absolute Gasteiger partial charge is 0.0916 e. The lowest BCUT2D eigenvalue weighted by atomic mass is 10.1. The molecule has 1 aromatic heterocycles. The van der Waals surface area contributed by atoms with E-state index < -0.39 is 6.10 Å². The SMILES string of the molecule is Cc1cnn(C[C@H]2CN(C[C@H](O)c3ccccc3)CCO2)c1. The number of ether oxygens (including phenoxy) is 1. The summed E-state index contributed by atoms with van der Waals surface area (Å²) in [6.07, 6.45) is 3.56. The fourth-order valence-corrected chi connectivity index (χ4v) is 2.86. The second-order valence-electron chi connectivity index (χ2n) is 5.92. The van der Waals surface area contributed by atoms with E-state index in [9.17, 15) is 5.11 Å². The lowest BCUT2D eigenvalue weighted by Gasteiger charge is -2.34. The molecular weight excluding hydrogens is 278 g/mol. The molecule has 2 aromatic rings. The Balaban J connectivity index is 1.54. The summed E-state index contributed by atoms with van der Waals surface area (Å²) >= 11 is 0. The van der Waals surface area contributed by atoms with Crippen LogP contribution in [0.15, 0.2) is 42.7 Å². The topological polar surface area (TPSA) is 50.5 Å². The Bertz CT molecular complexity index is 585. The van der Waals surface area contributed by atoms with Crippen LogP contribution in [0.1, 0.15) is 17.2 Å². The first-order chi connectivity index (χ1) is 10.7. The van der Waals surface area contributed by atoms with Gasteiger partial charge in [0.05, 0.1) is 31.6 Å². The molecule has 118 valence electrons. The number of aromatic nitrogens is 2. The molecule has 0 bridgehead atoms. The van der Waals surface area contributed by atoms with Gasteiger partial charge in [-0.1, -0.05) is 30.3 Å². The monoisotopic (exact) mass is 301 g/mol. The number of benzene rings is 1. The summed E-state index contributed by atoms with van der Waals surface area (Å²) < 4.78 is 7.75. The molecule has 1 fully saturated rings. The van der Waals surface area contributed by atoms with E-state index in [0.29, 0.717) is 13.2 Å². The van der Waals surface area contributed by atoms with Gasteiger partial charge in [-0.05, 0) is 18.1 Å². The summed E-state index contributed by atoms with van der Waals surface area (Å²) in [5, 5.41) is 14.7. The van der Waals surface area contributed by atoms with Gasteiger partial charge in [0.1, 0.15) is 0 Å². The normalized spacial score (nSPS) is 20.9. The number of hydrogen-bond acceptors (Lipinski definition) is 4. The highest BCUT2D eigenvalue weighted by molar-refractivity contribution is 5.17. The fraction of sp³-hybridized carbons (Fsp3) is 0.471. The molecule has 0 spiro atoms. The Morgan fingerprint density at radius 1 is 1.36 bits per heavy atom. The van der Waals surface area contributed by atoms with Crippen molar-refractivity contribution in [1.82, 2.24) is 14.7 Å². The molecule has 1 aliphatic rings. The van der Waals surface area contributed by atoms with E-state index in [1.54, 1.807) is 0 Å². The van der Waals surface area contributed by atoms with Crippen LogP contribution in [-0.4, -0.2) is 52.1 Å². The third-order valence-corrected chi connectivity index (χ3v) is 3.99. The second-order valence-corrected chi connectivity index (χ2v) is 5.92. The van der Waals surface area contributed by atoms with Gasteiger partial charge in [-0.2, -0.15) is 5.10 Å². The maximum Gasteiger partial charge on any atom is 0.0916 e. The van der Waals surface area contributed by atoms with Crippen LogP contribution in [0.2, 0.25) is 0 Å². The minimum Gasteiger partial charge on any atom is -0.387 e. The van der Waals surface area contributed by atoms with Crippen molar-refractivity contribution in [1.29, 1.82) is 0 Å². The molecule has 22 heavy (non-hydrogen) atoms. The molecular formula is C17H23N3O2. The Hall–Kier alpha value is -1.69. The van der Waals surface area contributed by atoms with Gasteiger partial charge in [0.2, 0.25) is 0 Å².